The van der Waals surface area contributed by atoms with Gasteiger partial charge in [-0.15, -0.1) is 0 Å². The van der Waals surface area contributed by atoms with Crippen molar-refractivity contribution < 1.29 is 14.3 Å². The molecule has 2 atom stereocenters. The fourth-order valence-electron chi connectivity index (χ4n) is 2.67. The molecule has 1 aromatic rings. The molecule has 0 bridgehead atoms. The van der Waals surface area contributed by atoms with Gasteiger partial charge in [0.05, 0.1) is 20.6 Å². The Labute approximate surface area is 128 Å². The molecule has 0 spiro atoms. The van der Waals surface area contributed by atoms with Gasteiger partial charge in [0.1, 0.15) is 5.75 Å². The van der Waals surface area contributed by atoms with Crippen LogP contribution in [0, 0.1) is 5.92 Å². The Morgan fingerprint density at radius 3 is 2.67 bits per heavy atom. The molecule has 0 fully saturated rings. The molecule has 3 nitrogen and oxygen atoms in total. The average molecular weight is 292 g/mol. The summed E-state index contributed by atoms with van der Waals surface area (Å²) in [6, 6.07) is 8.01. The maximum atomic E-state index is 11.7. The first-order chi connectivity index (χ1) is 10.1. The van der Waals surface area contributed by atoms with E-state index in [1.54, 1.807) is 7.11 Å². The molecule has 0 aliphatic carbocycles. The van der Waals surface area contributed by atoms with Crippen LogP contribution in [0.15, 0.2) is 24.3 Å². The van der Waals surface area contributed by atoms with Crippen molar-refractivity contribution in [1.29, 1.82) is 0 Å². The smallest absolute Gasteiger partial charge is 0.306 e. The molecule has 0 saturated carbocycles. The number of carbonyl (C=O) groups excluding carboxylic acids is 1. The summed E-state index contributed by atoms with van der Waals surface area (Å²) >= 11 is 0. The van der Waals surface area contributed by atoms with Gasteiger partial charge in [-0.25, -0.2) is 0 Å². The molecule has 118 valence electrons. The molecular weight excluding hydrogens is 264 g/mol. The maximum absolute atomic E-state index is 11.7. The van der Waals surface area contributed by atoms with Crippen LogP contribution in [0.3, 0.4) is 0 Å². The van der Waals surface area contributed by atoms with E-state index in [2.05, 4.69) is 19.9 Å². The zero-order chi connectivity index (χ0) is 15.7. The predicted octanol–water partition coefficient (Wildman–Crippen LogP) is 4.56. The summed E-state index contributed by atoms with van der Waals surface area (Å²) in [6.45, 7) is 4.47. The lowest BCUT2D eigenvalue weighted by Crippen LogP contribution is -2.12. The van der Waals surface area contributed by atoms with E-state index in [1.807, 2.05) is 18.2 Å². The fraction of sp³-hybridized carbons (Fsp3) is 0.611. The minimum absolute atomic E-state index is 0.148. The highest BCUT2D eigenvalue weighted by Crippen LogP contribution is 2.31. The standard InChI is InChI=1S/C18H28O3/c1-5-6-8-14(2)11-16(13-18(19)21-4)15-9-7-10-17(12-15)20-3/h7,9-10,12,14,16H,5-6,8,11,13H2,1-4H3. The third kappa shape index (κ3) is 6.19. The third-order valence-corrected chi connectivity index (χ3v) is 3.94. The van der Waals surface area contributed by atoms with Gasteiger partial charge >= 0.3 is 5.97 Å². The summed E-state index contributed by atoms with van der Waals surface area (Å²) < 4.78 is 10.1. The molecule has 21 heavy (non-hydrogen) atoms. The van der Waals surface area contributed by atoms with Crippen molar-refractivity contribution in [2.45, 2.75) is 51.9 Å². The van der Waals surface area contributed by atoms with Crippen molar-refractivity contribution in [3.8, 4) is 5.75 Å². The summed E-state index contributed by atoms with van der Waals surface area (Å²) in [6.07, 6.45) is 5.09. The second-order valence-electron chi connectivity index (χ2n) is 5.74. The van der Waals surface area contributed by atoms with Crippen LogP contribution in [0.1, 0.15) is 57.4 Å². The SMILES string of the molecule is CCCCC(C)CC(CC(=O)OC)c1cccc(OC)c1. The van der Waals surface area contributed by atoms with Gasteiger partial charge in [0, 0.05) is 0 Å². The van der Waals surface area contributed by atoms with Gasteiger partial charge in [-0.3, -0.25) is 4.79 Å². The minimum atomic E-state index is -0.148. The average Bonchev–Trinajstić information content (AvgIpc) is 2.52. The second-order valence-corrected chi connectivity index (χ2v) is 5.74. The molecule has 0 heterocycles. The van der Waals surface area contributed by atoms with Crippen LogP contribution in [0.2, 0.25) is 0 Å². The van der Waals surface area contributed by atoms with Crippen LogP contribution in [0.25, 0.3) is 0 Å². The van der Waals surface area contributed by atoms with E-state index in [4.69, 9.17) is 9.47 Å². The Hall–Kier alpha value is -1.51. The maximum Gasteiger partial charge on any atom is 0.306 e. The predicted molar refractivity (Wildman–Crippen MR) is 85.7 cm³/mol. The van der Waals surface area contributed by atoms with Gasteiger partial charge in [0.25, 0.3) is 0 Å². The minimum Gasteiger partial charge on any atom is -0.497 e. The van der Waals surface area contributed by atoms with Gasteiger partial charge in [0.15, 0.2) is 0 Å². The Morgan fingerprint density at radius 1 is 1.29 bits per heavy atom. The number of rotatable bonds is 9. The fourth-order valence-corrected chi connectivity index (χ4v) is 2.67. The van der Waals surface area contributed by atoms with Gasteiger partial charge in [0.2, 0.25) is 0 Å². The van der Waals surface area contributed by atoms with Gasteiger partial charge in [-0.05, 0) is 36.0 Å². The van der Waals surface area contributed by atoms with Crippen molar-refractivity contribution in [2.75, 3.05) is 14.2 Å². The molecular formula is C18H28O3. The van der Waals surface area contributed by atoms with E-state index in [0.29, 0.717) is 12.3 Å². The first-order valence-corrected chi connectivity index (χ1v) is 7.81. The largest absolute Gasteiger partial charge is 0.497 e. The van der Waals surface area contributed by atoms with Crippen LogP contribution in [0.5, 0.6) is 5.75 Å². The van der Waals surface area contributed by atoms with Crippen molar-refractivity contribution >= 4 is 5.97 Å². The molecule has 0 aromatic heterocycles. The summed E-state index contributed by atoms with van der Waals surface area (Å²) in [5.41, 5.74) is 1.16. The van der Waals surface area contributed by atoms with E-state index in [1.165, 1.54) is 26.4 Å². The molecule has 0 N–H and O–H groups in total. The molecule has 0 aliphatic rings. The molecule has 0 amide bonds. The van der Waals surface area contributed by atoms with Crippen LogP contribution in [-0.4, -0.2) is 20.2 Å². The van der Waals surface area contributed by atoms with Crippen molar-refractivity contribution in [2.24, 2.45) is 5.92 Å². The number of hydrogen-bond acceptors (Lipinski definition) is 3. The van der Waals surface area contributed by atoms with Crippen LogP contribution >= 0.6 is 0 Å². The molecule has 0 aliphatic heterocycles. The summed E-state index contributed by atoms with van der Waals surface area (Å²) in [4.78, 5) is 11.7. The van der Waals surface area contributed by atoms with Crippen molar-refractivity contribution in [1.82, 2.24) is 0 Å². The zero-order valence-corrected chi connectivity index (χ0v) is 13.7. The van der Waals surface area contributed by atoms with E-state index in [-0.39, 0.29) is 11.9 Å². The highest BCUT2D eigenvalue weighted by atomic mass is 16.5. The quantitative estimate of drug-likeness (QED) is 0.626. The second kappa shape index (κ2) is 9.43. The van der Waals surface area contributed by atoms with E-state index in [0.717, 1.165) is 17.7 Å². The van der Waals surface area contributed by atoms with Gasteiger partial charge < -0.3 is 9.47 Å². The Kier molecular flexibility index (Phi) is 7.88. The zero-order valence-electron chi connectivity index (χ0n) is 13.7. The van der Waals surface area contributed by atoms with Gasteiger partial charge in [-0.2, -0.15) is 0 Å². The van der Waals surface area contributed by atoms with E-state index in [9.17, 15) is 4.79 Å². The number of hydrogen-bond donors (Lipinski definition) is 0. The first-order valence-electron chi connectivity index (χ1n) is 7.81. The Morgan fingerprint density at radius 2 is 2.05 bits per heavy atom. The van der Waals surface area contributed by atoms with E-state index < -0.39 is 0 Å². The van der Waals surface area contributed by atoms with Crippen molar-refractivity contribution in [3.05, 3.63) is 29.8 Å². The normalized spacial score (nSPS) is 13.5. The lowest BCUT2D eigenvalue weighted by atomic mass is 9.85. The Bertz CT molecular complexity index is 428. The molecule has 1 rings (SSSR count). The van der Waals surface area contributed by atoms with Gasteiger partial charge in [-0.1, -0.05) is 45.2 Å². The van der Waals surface area contributed by atoms with Crippen LogP contribution in [-0.2, 0) is 9.53 Å². The molecule has 3 heteroatoms. The number of unbranched alkanes of at least 4 members (excludes halogenated alkanes) is 1. The first kappa shape index (κ1) is 17.5. The highest BCUT2D eigenvalue weighted by Gasteiger charge is 2.19. The summed E-state index contributed by atoms with van der Waals surface area (Å²) in [5, 5.41) is 0. The van der Waals surface area contributed by atoms with Crippen LogP contribution < -0.4 is 4.74 Å². The number of esters is 1. The lowest BCUT2D eigenvalue weighted by molar-refractivity contribution is -0.141. The number of benzene rings is 1. The Balaban J connectivity index is 2.82. The third-order valence-electron chi connectivity index (χ3n) is 3.94. The summed E-state index contributed by atoms with van der Waals surface area (Å²) in [7, 11) is 3.11. The number of methoxy groups -OCH3 is 2. The number of carbonyl (C=O) groups is 1. The van der Waals surface area contributed by atoms with E-state index >= 15 is 0 Å². The molecule has 0 radical (unpaired) electrons. The molecule has 0 saturated heterocycles. The monoisotopic (exact) mass is 292 g/mol. The molecule has 2 unspecified atom stereocenters. The molecule has 1 aromatic carbocycles. The number of ether oxygens (including phenoxy) is 2. The van der Waals surface area contributed by atoms with Crippen LogP contribution in [0.4, 0.5) is 0 Å². The topological polar surface area (TPSA) is 35.5 Å². The summed E-state index contributed by atoms with van der Waals surface area (Å²) in [5.74, 6) is 1.49. The van der Waals surface area contributed by atoms with Crippen molar-refractivity contribution in [3.63, 3.8) is 0 Å². The highest BCUT2D eigenvalue weighted by molar-refractivity contribution is 5.70. The lowest BCUT2D eigenvalue weighted by Gasteiger charge is -2.21.